The van der Waals surface area contributed by atoms with Gasteiger partial charge in [0.1, 0.15) is 17.7 Å². The summed E-state index contributed by atoms with van der Waals surface area (Å²) in [6.07, 6.45) is 2.61. The number of carbonyl (C=O) groups excluding carboxylic acids is 3. The minimum atomic E-state index is -0.883. The molecule has 2 aromatic rings. The van der Waals surface area contributed by atoms with Crippen LogP contribution >= 0.6 is 0 Å². The topological polar surface area (TPSA) is 87.7 Å². The van der Waals surface area contributed by atoms with Crippen molar-refractivity contribution in [3.63, 3.8) is 0 Å². The molecule has 192 valence electrons. The quantitative estimate of drug-likeness (QED) is 0.508. The van der Waals surface area contributed by atoms with Gasteiger partial charge in [-0.15, -0.1) is 0 Å². The summed E-state index contributed by atoms with van der Waals surface area (Å²) in [5.41, 5.74) is 3.44. The minimum absolute atomic E-state index is 0.0958. The maximum Gasteiger partial charge on any atom is 0.408 e. The van der Waals surface area contributed by atoms with Crippen LogP contribution in [0.4, 0.5) is 10.5 Å². The van der Waals surface area contributed by atoms with E-state index in [0.717, 1.165) is 35.2 Å². The van der Waals surface area contributed by atoms with E-state index in [1.807, 2.05) is 56.3 Å². The molecular weight excluding hydrogens is 454 g/mol. The van der Waals surface area contributed by atoms with Crippen LogP contribution in [-0.4, -0.2) is 40.5 Å². The first-order valence-electron chi connectivity index (χ1n) is 12.3. The molecule has 7 heteroatoms. The van der Waals surface area contributed by atoms with E-state index in [9.17, 15) is 14.4 Å². The van der Waals surface area contributed by atoms with Crippen LogP contribution in [0.5, 0.6) is 0 Å². The fourth-order valence-electron chi connectivity index (χ4n) is 4.14. The van der Waals surface area contributed by atoms with Crippen LogP contribution in [0.15, 0.2) is 49.0 Å². The molecular formula is C29H37N3O4. The predicted octanol–water partition coefficient (Wildman–Crippen LogP) is 5.53. The number of anilines is 1. The summed E-state index contributed by atoms with van der Waals surface area (Å²) in [5, 5.41) is 5.71. The second-order valence-corrected chi connectivity index (χ2v) is 10.4. The SMILES string of the molecule is C=Cc1cccc(C(C(=O)Nc2c(C)cccc2C)N(C(=O)C(C)NC(=O)OC(C)(C)C)C2CC2)c1. The maximum absolute atomic E-state index is 13.9. The van der Waals surface area contributed by atoms with Crippen LogP contribution in [0, 0.1) is 13.8 Å². The number of rotatable bonds is 8. The number of nitrogens with one attached hydrogen (secondary N) is 2. The normalized spacial score (nSPS) is 14.8. The molecule has 1 aliphatic rings. The van der Waals surface area contributed by atoms with E-state index in [4.69, 9.17) is 4.74 Å². The van der Waals surface area contributed by atoms with Gasteiger partial charge in [0.15, 0.2) is 0 Å². The zero-order valence-corrected chi connectivity index (χ0v) is 22.1. The van der Waals surface area contributed by atoms with Gasteiger partial charge in [0.25, 0.3) is 5.91 Å². The Morgan fingerprint density at radius 3 is 2.25 bits per heavy atom. The van der Waals surface area contributed by atoms with Crippen molar-refractivity contribution >= 4 is 29.7 Å². The number of nitrogens with zero attached hydrogens (tertiary/aromatic N) is 1. The van der Waals surface area contributed by atoms with Gasteiger partial charge in [0.05, 0.1) is 0 Å². The number of aryl methyl sites for hydroxylation is 2. The molecule has 1 saturated carbocycles. The Hall–Kier alpha value is -3.61. The van der Waals surface area contributed by atoms with Crippen molar-refractivity contribution in [3.8, 4) is 0 Å². The second-order valence-electron chi connectivity index (χ2n) is 10.4. The lowest BCUT2D eigenvalue weighted by Crippen LogP contribution is -2.52. The summed E-state index contributed by atoms with van der Waals surface area (Å²) >= 11 is 0. The van der Waals surface area contributed by atoms with Crippen molar-refractivity contribution in [2.24, 2.45) is 0 Å². The van der Waals surface area contributed by atoms with Crippen molar-refractivity contribution in [2.45, 2.75) is 78.1 Å². The number of amides is 3. The Morgan fingerprint density at radius 1 is 1.08 bits per heavy atom. The lowest BCUT2D eigenvalue weighted by Gasteiger charge is -2.34. The van der Waals surface area contributed by atoms with E-state index in [0.29, 0.717) is 5.56 Å². The summed E-state index contributed by atoms with van der Waals surface area (Å²) in [6, 6.07) is 11.4. The Kier molecular flexibility index (Phi) is 8.23. The van der Waals surface area contributed by atoms with Gasteiger partial charge in [-0.2, -0.15) is 0 Å². The third-order valence-corrected chi connectivity index (χ3v) is 6.02. The summed E-state index contributed by atoms with van der Waals surface area (Å²) < 4.78 is 5.33. The van der Waals surface area contributed by atoms with Gasteiger partial charge in [-0.25, -0.2) is 4.79 Å². The van der Waals surface area contributed by atoms with Crippen molar-refractivity contribution in [3.05, 3.63) is 71.3 Å². The fraction of sp³-hybridized carbons (Fsp3) is 0.414. The Labute approximate surface area is 213 Å². The van der Waals surface area contributed by atoms with Gasteiger partial charge in [-0.05, 0) is 82.7 Å². The van der Waals surface area contributed by atoms with Gasteiger partial charge >= 0.3 is 6.09 Å². The molecule has 3 amide bonds. The lowest BCUT2D eigenvalue weighted by molar-refractivity contribution is -0.141. The average molecular weight is 492 g/mol. The van der Waals surface area contributed by atoms with Crippen molar-refractivity contribution in [1.82, 2.24) is 10.2 Å². The molecule has 2 atom stereocenters. The first-order valence-corrected chi connectivity index (χ1v) is 12.3. The second kappa shape index (κ2) is 11.0. The predicted molar refractivity (Wildman–Crippen MR) is 143 cm³/mol. The Bertz CT molecular complexity index is 1130. The van der Waals surface area contributed by atoms with Crippen molar-refractivity contribution in [1.29, 1.82) is 0 Å². The molecule has 2 aromatic carbocycles. The molecule has 2 N–H and O–H groups in total. The van der Waals surface area contributed by atoms with Crippen LogP contribution in [0.25, 0.3) is 6.08 Å². The average Bonchev–Trinajstić information content (AvgIpc) is 3.63. The molecule has 1 aliphatic carbocycles. The van der Waals surface area contributed by atoms with Crippen LogP contribution in [0.1, 0.15) is 68.8 Å². The number of para-hydroxylation sites is 1. The highest BCUT2D eigenvalue weighted by Crippen LogP contribution is 2.36. The highest BCUT2D eigenvalue weighted by atomic mass is 16.6. The van der Waals surface area contributed by atoms with E-state index in [-0.39, 0.29) is 17.9 Å². The number of carbonyl (C=O) groups is 3. The Balaban J connectivity index is 1.97. The van der Waals surface area contributed by atoms with Gasteiger partial charge in [-0.1, -0.05) is 49.1 Å². The van der Waals surface area contributed by atoms with Crippen LogP contribution < -0.4 is 10.6 Å². The van der Waals surface area contributed by atoms with Crippen molar-refractivity contribution in [2.75, 3.05) is 5.32 Å². The van der Waals surface area contributed by atoms with E-state index >= 15 is 0 Å². The number of ether oxygens (including phenoxy) is 1. The molecule has 2 unspecified atom stereocenters. The summed E-state index contributed by atoms with van der Waals surface area (Å²) in [6.45, 7) is 14.6. The molecule has 36 heavy (non-hydrogen) atoms. The summed E-state index contributed by atoms with van der Waals surface area (Å²) in [4.78, 5) is 41.6. The number of hydrogen-bond acceptors (Lipinski definition) is 4. The minimum Gasteiger partial charge on any atom is -0.444 e. The number of alkyl carbamates (subject to hydrolysis) is 1. The van der Waals surface area contributed by atoms with E-state index in [1.54, 1.807) is 38.7 Å². The molecule has 0 radical (unpaired) electrons. The van der Waals surface area contributed by atoms with Crippen LogP contribution in [0.3, 0.4) is 0 Å². The monoisotopic (exact) mass is 491 g/mol. The third-order valence-electron chi connectivity index (χ3n) is 6.02. The van der Waals surface area contributed by atoms with Crippen molar-refractivity contribution < 1.29 is 19.1 Å². The third kappa shape index (κ3) is 6.74. The van der Waals surface area contributed by atoms with Gasteiger partial charge in [0, 0.05) is 11.7 Å². The first kappa shape index (κ1) is 27.0. The molecule has 0 heterocycles. The molecule has 0 spiro atoms. The molecule has 3 rings (SSSR count). The van der Waals surface area contributed by atoms with E-state index < -0.39 is 23.8 Å². The van der Waals surface area contributed by atoms with E-state index in [2.05, 4.69) is 17.2 Å². The largest absolute Gasteiger partial charge is 0.444 e. The Morgan fingerprint density at radius 2 is 1.69 bits per heavy atom. The smallest absolute Gasteiger partial charge is 0.408 e. The molecule has 0 bridgehead atoms. The van der Waals surface area contributed by atoms with Gasteiger partial charge in [-0.3, -0.25) is 9.59 Å². The number of benzene rings is 2. The van der Waals surface area contributed by atoms with Crippen LogP contribution in [-0.2, 0) is 14.3 Å². The van der Waals surface area contributed by atoms with E-state index in [1.165, 1.54) is 0 Å². The molecule has 0 saturated heterocycles. The molecule has 1 fully saturated rings. The maximum atomic E-state index is 13.9. The standard InChI is InChI=1S/C29H37N3O4/c1-8-21-13-10-14-22(17-21)25(26(33)31-24-18(2)11-9-12-19(24)3)32(23-15-16-23)27(34)20(4)30-28(35)36-29(5,6)7/h8-14,17,20,23,25H,1,15-16H2,2-7H3,(H,30,35)(H,31,33). The molecule has 0 aromatic heterocycles. The molecule has 0 aliphatic heterocycles. The zero-order chi connectivity index (χ0) is 26.6. The van der Waals surface area contributed by atoms with Crippen LogP contribution in [0.2, 0.25) is 0 Å². The summed E-state index contributed by atoms with van der Waals surface area (Å²) in [5.74, 6) is -0.646. The highest BCUT2D eigenvalue weighted by Gasteiger charge is 2.43. The number of hydrogen-bond donors (Lipinski definition) is 2. The van der Waals surface area contributed by atoms with Gasteiger partial charge < -0.3 is 20.3 Å². The molecule has 7 nitrogen and oxygen atoms in total. The first-order chi connectivity index (χ1) is 16.9. The van der Waals surface area contributed by atoms with Gasteiger partial charge in [0.2, 0.25) is 5.91 Å². The fourth-order valence-corrected chi connectivity index (χ4v) is 4.14. The summed E-state index contributed by atoms with van der Waals surface area (Å²) in [7, 11) is 0. The highest BCUT2D eigenvalue weighted by molar-refractivity contribution is 6.00. The lowest BCUT2D eigenvalue weighted by atomic mass is 9.99. The zero-order valence-electron chi connectivity index (χ0n) is 22.1.